The molecule has 0 fully saturated rings. The molecule has 0 amide bonds. The summed E-state index contributed by atoms with van der Waals surface area (Å²) in [5.41, 5.74) is -2.98. The summed E-state index contributed by atoms with van der Waals surface area (Å²) in [7, 11) is 0. The molecule has 0 saturated carbocycles. The van der Waals surface area contributed by atoms with Crippen molar-refractivity contribution in [3.8, 4) is 0 Å². The van der Waals surface area contributed by atoms with E-state index in [4.69, 9.17) is 10.2 Å². The van der Waals surface area contributed by atoms with Crippen LogP contribution in [0.4, 0.5) is 0 Å². The first kappa shape index (κ1) is 18.5. The lowest BCUT2D eigenvalue weighted by atomic mass is 9.86. The van der Waals surface area contributed by atoms with Gasteiger partial charge >= 0.3 is 11.9 Å². The number of carbonyl (C=O) groups excluding carboxylic acids is 2. The maximum absolute atomic E-state index is 11.6. The minimum absolute atomic E-state index is 0.169. The molecule has 0 bridgehead atoms. The predicted octanol–water partition coefficient (Wildman–Crippen LogP) is -1.44. The molecule has 0 aromatic rings. The number of aliphatic hydroxyl groups excluding tert-OH is 3. The summed E-state index contributed by atoms with van der Waals surface area (Å²) in [4.78, 5) is 33.1. The standard InChI is InChI=1S/C12H20O8/c1-11(2,4-13)8(16)10(19)20-6-12(3,5-14)7(15)9(17)18/h5,7-8,13,15-16H,4,6H2,1-3H3,(H,17,18)/t7?,8-,12?/m0/s1. The van der Waals surface area contributed by atoms with E-state index in [2.05, 4.69) is 4.74 Å². The Morgan fingerprint density at radius 2 is 1.70 bits per heavy atom. The molecule has 116 valence electrons. The van der Waals surface area contributed by atoms with Gasteiger partial charge in [0.05, 0.1) is 12.0 Å². The molecule has 0 rings (SSSR count). The number of hydrogen-bond acceptors (Lipinski definition) is 7. The zero-order valence-corrected chi connectivity index (χ0v) is 11.6. The van der Waals surface area contributed by atoms with Crippen LogP contribution in [0.5, 0.6) is 0 Å². The molecule has 0 radical (unpaired) electrons. The Hall–Kier alpha value is -1.51. The van der Waals surface area contributed by atoms with Gasteiger partial charge < -0.3 is 30.0 Å². The summed E-state index contributed by atoms with van der Waals surface area (Å²) in [6.45, 7) is 2.76. The number of ether oxygens (including phenoxy) is 1. The minimum Gasteiger partial charge on any atom is -0.479 e. The molecule has 0 aromatic carbocycles. The average Bonchev–Trinajstić information content (AvgIpc) is 2.42. The van der Waals surface area contributed by atoms with Crippen LogP contribution in [0.2, 0.25) is 0 Å². The third-order valence-corrected chi connectivity index (χ3v) is 3.02. The molecule has 3 atom stereocenters. The lowest BCUT2D eigenvalue weighted by molar-refractivity contribution is -0.173. The second kappa shape index (κ2) is 6.78. The number of carbonyl (C=O) groups is 3. The molecule has 2 unspecified atom stereocenters. The fourth-order valence-electron chi connectivity index (χ4n) is 1.17. The molecular formula is C12H20O8. The maximum atomic E-state index is 11.6. The lowest BCUT2D eigenvalue weighted by Crippen LogP contribution is -2.46. The number of aliphatic carboxylic acids is 1. The van der Waals surface area contributed by atoms with Gasteiger partial charge in [-0.25, -0.2) is 9.59 Å². The number of aldehydes is 1. The third-order valence-electron chi connectivity index (χ3n) is 3.02. The number of rotatable bonds is 8. The van der Waals surface area contributed by atoms with Gasteiger partial charge in [0.1, 0.15) is 12.9 Å². The SMILES string of the molecule is CC(C=O)(COC(=O)[C@H](O)C(C)(C)CO)C(O)C(=O)O. The van der Waals surface area contributed by atoms with E-state index in [0.717, 1.165) is 6.92 Å². The van der Waals surface area contributed by atoms with Crippen molar-refractivity contribution < 1.29 is 39.5 Å². The first-order valence-electron chi connectivity index (χ1n) is 5.84. The Morgan fingerprint density at radius 1 is 1.20 bits per heavy atom. The van der Waals surface area contributed by atoms with Crippen LogP contribution < -0.4 is 0 Å². The lowest BCUT2D eigenvalue weighted by Gasteiger charge is -2.29. The van der Waals surface area contributed by atoms with Crippen LogP contribution in [0.15, 0.2) is 0 Å². The van der Waals surface area contributed by atoms with E-state index in [-0.39, 0.29) is 6.29 Å². The minimum atomic E-state index is -2.05. The van der Waals surface area contributed by atoms with Crippen LogP contribution in [0.3, 0.4) is 0 Å². The Morgan fingerprint density at radius 3 is 2.05 bits per heavy atom. The molecule has 0 spiro atoms. The number of carboxylic acid groups (broad SMARTS) is 1. The van der Waals surface area contributed by atoms with Crippen molar-refractivity contribution in [2.75, 3.05) is 13.2 Å². The van der Waals surface area contributed by atoms with Crippen LogP contribution in [0, 0.1) is 10.8 Å². The van der Waals surface area contributed by atoms with E-state index >= 15 is 0 Å². The van der Waals surface area contributed by atoms with Gasteiger partial charge in [-0.15, -0.1) is 0 Å². The monoisotopic (exact) mass is 292 g/mol. The van der Waals surface area contributed by atoms with Crippen molar-refractivity contribution >= 4 is 18.2 Å². The summed E-state index contributed by atoms with van der Waals surface area (Å²) < 4.78 is 4.66. The summed E-state index contributed by atoms with van der Waals surface area (Å²) in [6.07, 6.45) is -3.52. The van der Waals surface area contributed by atoms with E-state index < -0.39 is 48.2 Å². The third kappa shape index (κ3) is 4.26. The number of esters is 1. The molecule has 0 aliphatic heterocycles. The van der Waals surface area contributed by atoms with Gasteiger partial charge in [-0.1, -0.05) is 13.8 Å². The van der Waals surface area contributed by atoms with Crippen molar-refractivity contribution in [1.29, 1.82) is 0 Å². The van der Waals surface area contributed by atoms with Crippen molar-refractivity contribution in [3.63, 3.8) is 0 Å². The van der Waals surface area contributed by atoms with Gasteiger partial charge in [0, 0.05) is 5.41 Å². The van der Waals surface area contributed by atoms with Gasteiger partial charge in [-0.05, 0) is 6.92 Å². The fraction of sp³-hybridized carbons (Fsp3) is 0.750. The molecule has 0 heterocycles. The normalized spacial score (nSPS) is 17.7. The molecule has 4 N–H and O–H groups in total. The Labute approximate surface area is 116 Å². The van der Waals surface area contributed by atoms with Crippen molar-refractivity contribution in [2.24, 2.45) is 10.8 Å². The zero-order valence-electron chi connectivity index (χ0n) is 11.6. The van der Waals surface area contributed by atoms with Crippen molar-refractivity contribution in [2.45, 2.75) is 33.0 Å². The van der Waals surface area contributed by atoms with E-state index in [1.54, 1.807) is 0 Å². The van der Waals surface area contributed by atoms with E-state index in [0.29, 0.717) is 0 Å². The topological polar surface area (TPSA) is 141 Å². The molecule has 0 aliphatic rings. The van der Waals surface area contributed by atoms with E-state index in [1.807, 2.05) is 0 Å². The maximum Gasteiger partial charge on any atom is 0.335 e. The largest absolute Gasteiger partial charge is 0.479 e. The molecule has 20 heavy (non-hydrogen) atoms. The Kier molecular flexibility index (Phi) is 6.27. The Balaban J connectivity index is 4.79. The highest BCUT2D eigenvalue weighted by Gasteiger charge is 2.41. The summed E-state index contributed by atoms with van der Waals surface area (Å²) in [5, 5.41) is 36.7. The molecule has 0 saturated heterocycles. The van der Waals surface area contributed by atoms with Gasteiger partial charge in [0.2, 0.25) is 0 Å². The molecule has 8 heteroatoms. The summed E-state index contributed by atoms with van der Waals surface area (Å²) in [6, 6.07) is 0. The van der Waals surface area contributed by atoms with Crippen LogP contribution >= 0.6 is 0 Å². The summed E-state index contributed by atoms with van der Waals surface area (Å²) >= 11 is 0. The Bertz CT molecular complexity index is 378. The van der Waals surface area contributed by atoms with E-state index in [9.17, 15) is 24.6 Å². The molecule has 8 nitrogen and oxygen atoms in total. The molecule has 0 aromatic heterocycles. The highest BCUT2D eigenvalue weighted by Crippen LogP contribution is 2.23. The average molecular weight is 292 g/mol. The van der Waals surface area contributed by atoms with Gasteiger partial charge in [-0.3, -0.25) is 0 Å². The fourth-order valence-corrected chi connectivity index (χ4v) is 1.17. The van der Waals surface area contributed by atoms with E-state index in [1.165, 1.54) is 13.8 Å². The van der Waals surface area contributed by atoms with Crippen molar-refractivity contribution in [1.82, 2.24) is 0 Å². The number of carboxylic acids is 1. The van der Waals surface area contributed by atoms with Gasteiger partial charge in [0.25, 0.3) is 0 Å². The van der Waals surface area contributed by atoms with Crippen molar-refractivity contribution in [3.05, 3.63) is 0 Å². The second-order valence-corrected chi connectivity index (χ2v) is 5.52. The van der Waals surface area contributed by atoms with Crippen LogP contribution in [-0.4, -0.2) is 64.1 Å². The predicted molar refractivity (Wildman–Crippen MR) is 65.6 cm³/mol. The highest BCUT2D eigenvalue weighted by atomic mass is 16.5. The first-order valence-corrected chi connectivity index (χ1v) is 5.84. The highest BCUT2D eigenvalue weighted by molar-refractivity contribution is 5.80. The molecule has 0 aliphatic carbocycles. The quantitative estimate of drug-likeness (QED) is 0.315. The molecular weight excluding hydrogens is 272 g/mol. The number of aliphatic hydroxyl groups is 3. The van der Waals surface area contributed by atoms with Crippen LogP contribution in [0.1, 0.15) is 20.8 Å². The smallest absolute Gasteiger partial charge is 0.335 e. The van der Waals surface area contributed by atoms with Crippen LogP contribution in [0.25, 0.3) is 0 Å². The first-order chi connectivity index (χ1) is 9.01. The second-order valence-electron chi connectivity index (χ2n) is 5.52. The zero-order chi connectivity index (χ0) is 16.1. The summed E-state index contributed by atoms with van der Waals surface area (Å²) in [5.74, 6) is -2.75. The van der Waals surface area contributed by atoms with Gasteiger partial charge in [-0.2, -0.15) is 0 Å². The van der Waals surface area contributed by atoms with Gasteiger partial charge in [0.15, 0.2) is 12.2 Å². The van der Waals surface area contributed by atoms with Crippen LogP contribution in [-0.2, 0) is 19.1 Å². The number of hydrogen-bond donors (Lipinski definition) is 4.